The van der Waals surface area contributed by atoms with Gasteiger partial charge in [0.2, 0.25) is 0 Å². The van der Waals surface area contributed by atoms with E-state index in [1.54, 1.807) is 0 Å². The van der Waals surface area contributed by atoms with Gasteiger partial charge in [0.05, 0.1) is 11.9 Å². The number of thiophene rings is 1. The number of aryl methyl sites for hydroxylation is 3. The Morgan fingerprint density at radius 1 is 1.27 bits per heavy atom. The van der Waals surface area contributed by atoms with Crippen molar-refractivity contribution >= 4 is 33.3 Å². The highest BCUT2D eigenvalue weighted by Gasteiger charge is 2.27. The van der Waals surface area contributed by atoms with Crippen molar-refractivity contribution in [1.29, 1.82) is 0 Å². The third kappa shape index (κ3) is 3.30. The fourth-order valence-electron chi connectivity index (χ4n) is 4.38. The van der Waals surface area contributed by atoms with E-state index in [4.69, 9.17) is 15.1 Å². The van der Waals surface area contributed by atoms with Crippen molar-refractivity contribution in [2.45, 2.75) is 51.5 Å². The molecule has 1 N–H and O–H groups in total. The molecule has 2 aromatic heterocycles. The zero-order chi connectivity index (χ0) is 18.3. The van der Waals surface area contributed by atoms with Crippen LogP contribution >= 0.6 is 11.3 Å². The molecule has 1 unspecified atom stereocenters. The van der Waals surface area contributed by atoms with Crippen molar-refractivity contribution < 1.29 is 9.90 Å². The van der Waals surface area contributed by atoms with E-state index < -0.39 is 5.97 Å². The normalized spacial score (nSPS) is 20.6. The van der Waals surface area contributed by atoms with Crippen LogP contribution in [-0.2, 0) is 17.6 Å². The molecule has 0 radical (unpaired) electrons. The second kappa shape index (κ2) is 7.12. The predicted molar refractivity (Wildman–Crippen MR) is 104 cm³/mol. The Kier molecular flexibility index (Phi) is 4.84. The van der Waals surface area contributed by atoms with Crippen LogP contribution in [0.15, 0.2) is 0 Å². The van der Waals surface area contributed by atoms with Crippen molar-refractivity contribution in [3.8, 4) is 0 Å². The van der Waals surface area contributed by atoms with E-state index in [-0.39, 0.29) is 6.54 Å². The lowest BCUT2D eigenvalue weighted by molar-refractivity contribution is -0.138. The monoisotopic (exact) mass is 374 g/mol. The van der Waals surface area contributed by atoms with E-state index in [0.717, 1.165) is 55.2 Å². The molecule has 140 valence electrons. The first-order valence-electron chi connectivity index (χ1n) is 9.49. The Morgan fingerprint density at radius 3 is 2.92 bits per heavy atom. The summed E-state index contributed by atoms with van der Waals surface area (Å²) in [5.41, 5.74) is 1.48. The lowest BCUT2D eigenvalue weighted by Gasteiger charge is -2.26. The molecule has 4 rings (SSSR count). The molecule has 0 saturated carbocycles. The number of hydrogen-bond acceptors (Lipinski definition) is 6. The van der Waals surface area contributed by atoms with Crippen molar-refractivity contribution in [1.82, 2.24) is 14.9 Å². The quantitative estimate of drug-likeness (QED) is 0.887. The molecule has 6 nitrogen and oxygen atoms in total. The predicted octanol–water partition coefficient (Wildman–Crippen LogP) is 2.86. The molecule has 7 heteroatoms. The molecular formula is C19H26N4O2S. The molecule has 2 aliphatic rings. The fraction of sp³-hybridized carbons (Fsp3) is 0.632. The molecule has 1 aliphatic carbocycles. The summed E-state index contributed by atoms with van der Waals surface area (Å²) in [6, 6.07) is 0.322. The van der Waals surface area contributed by atoms with E-state index in [9.17, 15) is 4.79 Å². The number of aliphatic carboxylic acids is 1. The van der Waals surface area contributed by atoms with Crippen LogP contribution in [0.4, 0.5) is 5.82 Å². The second-order valence-corrected chi connectivity index (χ2v) is 8.60. The number of carboxylic acid groups (broad SMARTS) is 1. The van der Waals surface area contributed by atoms with Gasteiger partial charge in [-0.25, -0.2) is 9.97 Å². The zero-order valence-corrected chi connectivity index (χ0v) is 16.3. The molecule has 0 bridgehead atoms. The van der Waals surface area contributed by atoms with Crippen LogP contribution in [0, 0.1) is 6.92 Å². The molecule has 1 aliphatic heterocycles. The Balaban J connectivity index is 1.61. The average molecular weight is 375 g/mol. The minimum atomic E-state index is -0.754. The third-order valence-electron chi connectivity index (χ3n) is 5.66. The first kappa shape index (κ1) is 17.7. The van der Waals surface area contributed by atoms with Gasteiger partial charge in [-0.05, 0) is 58.1 Å². The summed E-state index contributed by atoms with van der Waals surface area (Å²) in [7, 11) is 1.92. The van der Waals surface area contributed by atoms with Gasteiger partial charge < -0.3 is 10.0 Å². The SMILES string of the molecule is Cc1nc(N2CCCC(N(C)CC(=O)O)CC2)c2c3c(sc2n1)CCC3. The lowest BCUT2D eigenvalue weighted by atomic mass is 10.1. The Bertz CT molecular complexity index is 835. The van der Waals surface area contributed by atoms with E-state index in [1.807, 2.05) is 30.2 Å². The molecule has 2 aromatic rings. The highest BCUT2D eigenvalue weighted by molar-refractivity contribution is 7.19. The first-order valence-corrected chi connectivity index (χ1v) is 10.3. The smallest absolute Gasteiger partial charge is 0.317 e. The molecular weight excluding hydrogens is 348 g/mol. The standard InChI is InChI=1S/C19H26N4O2S/c1-12-20-18(17-14-6-3-7-15(14)26-19(17)21-12)23-9-4-5-13(8-10-23)22(2)11-16(24)25/h13H,3-11H2,1-2H3,(H,24,25). The summed E-state index contributed by atoms with van der Waals surface area (Å²) in [4.78, 5) is 27.6. The van der Waals surface area contributed by atoms with Crippen LogP contribution in [0.5, 0.6) is 0 Å². The number of carbonyl (C=O) groups is 1. The first-order chi connectivity index (χ1) is 12.5. The summed E-state index contributed by atoms with van der Waals surface area (Å²) < 4.78 is 0. The van der Waals surface area contributed by atoms with Gasteiger partial charge in [0, 0.05) is 24.0 Å². The van der Waals surface area contributed by atoms with Gasteiger partial charge in [-0.3, -0.25) is 9.69 Å². The van der Waals surface area contributed by atoms with Gasteiger partial charge >= 0.3 is 5.97 Å². The van der Waals surface area contributed by atoms with Crippen LogP contribution in [0.2, 0.25) is 0 Å². The van der Waals surface area contributed by atoms with Gasteiger partial charge in [-0.15, -0.1) is 11.3 Å². The fourth-order valence-corrected chi connectivity index (χ4v) is 5.68. The Labute approximate surface area is 157 Å². The largest absolute Gasteiger partial charge is 0.480 e. The summed E-state index contributed by atoms with van der Waals surface area (Å²) in [5, 5.41) is 10.3. The topological polar surface area (TPSA) is 69.6 Å². The maximum Gasteiger partial charge on any atom is 0.317 e. The average Bonchev–Trinajstić information content (AvgIpc) is 3.05. The summed E-state index contributed by atoms with van der Waals surface area (Å²) >= 11 is 1.84. The lowest BCUT2D eigenvalue weighted by Crippen LogP contribution is -2.36. The van der Waals surface area contributed by atoms with Gasteiger partial charge in [-0.2, -0.15) is 0 Å². The summed E-state index contributed by atoms with van der Waals surface area (Å²) in [6.45, 7) is 3.99. The zero-order valence-electron chi connectivity index (χ0n) is 15.5. The van der Waals surface area contributed by atoms with Crippen LogP contribution in [-0.4, -0.2) is 58.7 Å². The highest BCUT2D eigenvalue weighted by Crippen LogP contribution is 2.41. The molecule has 26 heavy (non-hydrogen) atoms. The van der Waals surface area contributed by atoms with Crippen LogP contribution in [0.3, 0.4) is 0 Å². The molecule has 3 heterocycles. The number of carboxylic acids is 1. The van der Waals surface area contributed by atoms with E-state index >= 15 is 0 Å². The Hall–Kier alpha value is -1.73. The van der Waals surface area contributed by atoms with Gasteiger partial charge in [0.25, 0.3) is 0 Å². The van der Waals surface area contributed by atoms with E-state index in [2.05, 4.69) is 4.90 Å². The Morgan fingerprint density at radius 2 is 2.12 bits per heavy atom. The van der Waals surface area contributed by atoms with Crippen LogP contribution in [0.25, 0.3) is 10.2 Å². The summed E-state index contributed by atoms with van der Waals surface area (Å²) in [5.74, 6) is 1.19. The van der Waals surface area contributed by atoms with Crippen molar-refractivity contribution in [2.24, 2.45) is 0 Å². The van der Waals surface area contributed by atoms with Crippen molar-refractivity contribution in [3.63, 3.8) is 0 Å². The summed E-state index contributed by atoms with van der Waals surface area (Å²) in [6.07, 6.45) is 6.64. The van der Waals surface area contributed by atoms with Crippen LogP contribution in [0.1, 0.15) is 41.9 Å². The van der Waals surface area contributed by atoms with Gasteiger partial charge in [0.15, 0.2) is 0 Å². The van der Waals surface area contributed by atoms with Gasteiger partial charge in [0.1, 0.15) is 16.5 Å². The van der Waals surface area contributed by atoms with E-state index in [0.29, 0.717) is 6.04 Å². The van der Waals surface area contributed by atoms with E-state index in [1.165, 1.54) is 28.7 Å². The minimum Gasteiger partial charge on any atom is -0.480 e. The van der Waals surface area contributed by atoms with Crippen LogP contribution < -0.4 is 4.90 Å². The maximum atomic E-state index is 11.0. The van der Waals surface area contributed by atoms with Crippen molar-refractivity contribution in [2.75, 3.05) is 31.6 Å². The second-order valence-electron chi connectivity index (χ2n) is 7.51. The number of likely N-dealkylation sites (N-methyl/N-ethyl adjacent to an activating group) is 1. The number of aromatic nitrogens is 2. The maximum absolute atomic E-state index is 11.0. The number of fused-ring (bicyclic) bond motifs is 3. The molecule has 0 aromatic carbocycles. The molecule has 0 amide bonds. The number of hydrogen-bond donors (Lipinski definition) is 1. The highest BCUT2D eigenvalue weighted by atomic mass is 32.1. The van der Waals surface area contributed by atoms with Crippen molar-refractivity contribution in [3.05, 3.63) is 16.3 Å². The molecule has 1 atom stereocenters. The number of anilines is 1. The molecule has 0 spiro atoms. The number of rotatable bonds is 4. The minimum absolute atomic E-state index is 0.111. The molecule has 1 fully saturated rings. The third-order valence-corrected chi connectivity index (χ3v) is 6.85. The number of nitrogens with zero attached hydrogens (tertiary/aromatic N) is 4. The molecule has 1 saturated heterocycles. The van der Waals surface area contributed by atoms with Gasteiger partial charge in [-0.1, -0.05) is 0 Å².